The molecule has 1 aromatic rings. The van der Waals surface area contributed by atoms with Crippen LogP contribution in [0.15, 0.2) is 29.2 Å². The molecule has 5 heteroatoms. The van der Waals surface area contributed by atoms with Crippen LogP contribution in [-0.4, -0.2) is 21.0 Å². The van der Waals surface area contributed by atoms with E-state index >= 15 is 0 Å². The third-order valence-electron chi connectivity index (χ3n) is 4.07. The van der Waals surface area contributed by atoms with Gasteiger partial charge in [0.2, 0.25) is 10.0 Å². The molecular weight excluding hydrogens is 284 g/mol. The largest absolute Gasteiger partial charge is 0.385 e. The summed E-state index contributed by atoms with van der Waals surface area (Å²) in [7, 11) is -3.42. The number of nitrogens with one attached hydrogen (secondary N) is 2. The molecule has 0 saturated heterocycles. The molecule has 1 saturated carbocycles. The molecule has 2 rings (SSSR count). The van der Waals surface area contributed by atoms with E-state index in [2.05, 4.69) is 23.9 Å². The van der Waals surface area contributed by atoms with Gasteiger partial charge in [0.05, 0.1) is 4.90 Å². The molecule has 1 unspecified atom stereocenters. The second-order valence-corrected chi connectivity index (χ2v) is 8.35. The maximum atomic E-state index is 12.4. The molecule has 1 aliphatic rings. The number of hydrogen-bond acceptors (Lipinski definition) is 3. The Morgan fingerprint density at radius 2 is 1.90 bits per heavy atom. The lowest BCUT2D eigenvalue weighted by molar-refractivity contribution is 0.212. The summed E-state index contributed by atoms with van der Waals surface area (Å²) in [5, 5.41) is 3.16. The summed E-state index contributed by atoms with van der Waals surface area (Å²) in [5.41, 5.74) is 1.16. The van der Waals surface area contributed by atoms with Gasteiger partial charge in [-0.15, -0.1) is 0 Å². The molecule has 1 aromatic carbocycles. The fourth-order valence-corrected chi connectivity index (χ4v) is 4.31. The highest BCUT2D eigenvalue weighted by Crippen LogP contribution is 2.35. The fourth-order valence-electron chi connectivity index (χ4n) is 3.04. The zero-order valence-electron chi connectivity index (χ0n) is 13.1. The molecule has 1 aliphatic carbocycles. The van der Waals surface area contributed by atoms with E-state index < -0.39 is 10.0 Å². The lowest BCUT2D eigenvalue weighted by Gasteiger charge is -2.35. The first-order chi connectivity index (χ1) is 9.82. The number of anilines is 1. The number of hydrogen-bond donors (Lipinski definition) is 2. The van der Waals surface area contributed by atoms with Gasteiger partial charge in [0.25, 0.3) is 0 Å². The molecule has 0 aromatic heterocycles. The summed E-state index contributed by atoms with van der Waals surface area (Å²) in [4.78, 5) is 0.340. The van der Waals surface area contributed by atoms with Crippen molar-refractivity contribution in [1.82, 2.24) is 4.72 Å². The maximum absolute atomic E-state index is 12.4. The minimum atomic E-state index is -3.42. The van der Waals surface area contributed by atoms with Crippen molar-refractivity contribution in [3.8, 4) is 0 Å². The fraction of sp³-hybridized carbons (Fsp3) is 0.625. The minimum absolute atomic E-state index is 0.0483. The summed E-state index contributed by atoms with van der Waals surface area (Å²) in [5.74, 6) is 0. The molecular formula is C16H26N2O2S. The van der Waals surface area contributed by atoms with E-state index in [1.807, 2.05) is 19.1 Å². The summed E-state index contributed by atoms with van der Waals surface area (Å²) < 4.78 is 27.8. The predicted molar refractivity (Wildman–Crippen MR) is 87.0 cm³/mol. The Morgan fingerprint density at radius 1 is 1.24 bits per heavy atom. The average molecular weight is 310 g/mol. The van der Waals surface area contributed by atoms with Crippen LogP contribution in [-0.2, 0) is 10.0 Å². The van der Waals surface area contributed by atoms with Gasteiger partial charge in [-0.3, -0.25) is 0 Å². The van der Waals surface area contributed by atoms with Gasteiger partial charge < -0.3 is 5.32 Å². The highest BCUT2D eigenvalue weighted by molar-refractivity contribution is 7.89. The molecule has 0 bridgehead atoms. The Kier molecular flexibility index (Phi) is 4.94. The molecule has 0 radical (unpaired) electrons. The summed E-state index contributed by atoms with van der Waals surface area (Å²) in [6.45, 7) is 7.25. The molecule has 118 valence electrons. The highest BCUT2D eigenvalue weighted by Gasteiger charge is 2.30. The Bertz CT molecular complexity index is 564. The molecule has 0 amide bonds. The lowest BCUT2D eigenvalue weighted by Crippen LogP contribution is -2.40. The first kappa shape index (κ1) is 16.3. The van der Waals surface area contributed by atoms with Crippen molar-refractivity contribution in [2.24, 2.45) is 5.41 Å². The van der Waals surface area contributed by atoms with E-state index in [4.69, 9.17) is 0 Å². The predicted octanol–water partition coefficient (Wildman–Crippen LogP) is 3.37. The van der Waals surface area contributed by atoms with Crippen molar-refractivity contribution in [2.45, 2.75) is 57.4 Å². The van der Waals surface area contributed by atoms with Gasteiger partial charge >= 0.3 is 0 Å². The molecule has 1 fully saturated rings. The Hall–Kier alpha value is -1.07. The van der Waals surface area contributed by atoms with Crippen molar-refractivity contribution in [2.75, 3.05) is 11.9 Å². The van der Waals surface area contributed by atoms with Crippen molar-refractivity contribution in [1.29, 1.82) is 0 Å². The molecule has 0 spiro atoms. The summed E-state index contributed by atoms with van der Waals surface area (Å²) >= 11 is 0. The van der Waals surface area contributed by atoms with Gasteiger partial charge in [0, 0.05) is 18.3 Å². The van der Waals surface area contributed by atoms with E-state index in [-0.39, 0.29) is 11.5 Å². The van der Waals surface area contributed by atoms with Crippen LogP contribution in [0.25, 0.3) is 0 Å². The zero-order chi connectivity index (χ0) is 15.5. The van der Waals surface area contributed by atoms with E-state index in [1.54, 1.807) is 12.1 Å². The molecule has 1 atom stereocenters. The Morgan fingerprint density at radius 3 is 2.48 bits per heavy atom. The van der Waals surface area contributed by atoms with Crippen LogP contribution in [0.4, 0.5) is 5.69 Å². The van der Waals surface area contributed by atoms with Gasteiger partial charge in [-0.1, -0.05) is 20.3 Å². The monoisotopic (exact) mass is 310 g/mol. The smallest absolute Gasteiger partial charge is 0.240 e. The Balaban J connectivity index is 2.07. The van der Waals surface area contributed by atoms with Crippen LogP contribution in [0, 0.1) is 5.41 Å². The van der Waals surface area contributed by atoms with Gasteiger partial charge in [0.1, 0.15) is 0 Å². The average Bonchev–Trinajstić information content (AvgIpc) is 2.38. The van der Waals surface area contributed by atoms with Crippen LogP contribution >= 0.6 is 0 Å². The zero-order valence-corrected chi connectivity index (χ0v) is 14.0. The lowest BCUT2D eigenvalue weighted by atomic mass is 9.75. The van der Waals surface area contributed by atoms with E-state index in [1.165, 1.54) is 6.42 Å². The molecule has 0 aliphatic heterocycles. The van der Waals surface area contributed by atoms with E-state index in [0.29, 0.717) is 4.90 Å². The van der Waals surface area contributed by atoms with Crippen LogP contribution in [0.3, 0.4) is 0 Å². The first-order valence-electron chi connectivity index (χ1n) is 7.69. The quantitative estimate of drug-likeness (QED) is 0.876. The SMILES string of the molecule is CCNc1ccc(S(=O)(=O)NC2CCCC(C)(C)C2)cc1. The van der Waals surface area contributed by atoms with Crippen molar-refractivity contribution in [3.63, 3.8) is 0 Å². The highest BCUT2D eigenvalue weighted by atomic mass is 32.2. The Labute approximate surface area is 128 Å². The van der Waals surface area contributed by atoms with E-state index in [9.17, 15) is 8.42 Å². The minimum Gasteiger partial charge on any atom is -0.385 e. The molecule has 0 heterocycles. The topological polar surface area (TPSA) is 58.2 Å². The van der Waals surface area contributed by atoms with Crippen LogP contribution < -0.4 is 10.0 Å². The van der Waals surface area contributed by atoms with Gasteiger partial charge in [-0.25, -0.2) is 13.1 Å². The first-order valence-corrected chi connectivity index (χ1v) is 9.17. The van der Waals surface area contributed by atoms with Crippen molar-refractivity contribution >= 4 is 15.7 Å². The van der Waals surface area contributed by atoms with Crippen LogP contribution in [0.2, 0.25) is 0 Å². The third kappa shape index (κ3) is 4.45. The molecule has 2 N–H and O–H groups in total. The summed E-state index contributed by atoms with van der Waals surface area (Å²) in [6.07, 6.45) is 4.09. The summed E-state index contributed by atoms with van der Waals surface area (Å²) in [6, 6.07) is 6.99. The number of rotatable bonds is 5. The normalized spacial score (nSPS) is 22.0. The number of benzene rings is 1. The standard InChI is InChI=1S/C16H26N2O2S/c1-4-17-13-7-9-15(10-8-13)21(19,20)18-14-6-5-11-16(2,3)12-14/h7-10,14,17-18H,4-6,11-12H2,1-3H3. The maximum Gasteiger partial charge on any atom is 0.240 e. The second kappa shape index (κ2) is 6.36. The van der Waals surface area contributed by atoms with Crippen molar-refractivity contribution < 1.29 is 8.42 Å². The molecule has 4 nitrogen and oxygen atoms in total. The van der Waals surface area contributed by atoms with Gasteiger partial charge in [-0.05, 0) is 55.9 Å². The van der Waals surface area contributed by atoms with Gasteiger partial charge in [-0.2, -0.15) is 0 Å². The van der Waals surface area contributed by atoms with Crippen LogP contribution in [0.1, 0.15) is 46.5 Å². The van der Waals surface area contributed by atoms with Gasteiger partial charge in [0.15, 0.2) is 0 Å². The second-order valence-electron chi connectivity index (χ2n) is 6.63. The number of sulfonamides is 1. The van der Waals surface area contributed by atoms with Crippen molar-refractivity contribution in [3.05, 3.63) is 24.3 Å². The molecule has 21 heavy (non-hydrogen) atoms. The van der Waals surface area contributed by atoms with Crippen LogP contribution in [0.5, 0.6) is 0 Å². The van der Waals surface area contributed by atoms with E-state index in [0.717, 1.165) is 31.5 Å². The third-order valence-corrected chi connectivity index (χ3v) is 5.61.